The molecule has 0 bridgehead atoms. The van der Waals surface area contributed by atoms with Gasteiger partial charge in [0.05, 0.1) is 6.61 Å². The lowest BCUT2D eigenvalue weighted by Crippen LogP contribution is -2.08. The molecule has 0 aliphatic rings. The highest BCUT2D eigenvalue weighted by atomic mass is 16.5. The third-order valence-electron chi connectivity index (χ3n) is 2.58. The van der Waals surface area contributed by atoms with E-state index in [9.17, 15) is 4.79 Å². The minimum Gasteiger partial charge on any atom is -0.477 e. The molecule has 0 aliphatic heterocycles. The molecule has 4 heteroatoms. The van der Waals surface area contributed by atoms with Gasteiger partial charge in [-0.15, -0.1) is 0 Å². The second-order valence-corrected chi connectivity index (χ2v) is 4.02. The zero-order valence-electron chi connectivity index (χ0n) is 10.4. The van der Waals surface area contributed by atoms with Crippen molar-refractivity contribution in [2.75, 3.05) is 6.61 Å². The fraction of sp³-hybridized carbons (Fsp3) is 0.538. The lowest BCUT2D eigenvalue weighted by Gasteiger charge is -2.09. The Balaban J connectivity index is 2.58. The third-order valence-corrected chi connectivity index (χ3v) is 2.58. The van der Waals surface area contributed by atoms with E-state index in [0.29, 0.717) is 12.2 Å². The van der Waals surface area contributed by atoms with Gasteiger partial charge in [-0.25, -0.2) is 9.78 Å². The van der Waals surface area contributed by atoms with Gasteiger partial charge in [0, 0.05) is 6.20 Å². The molecule has 0 fully saturated rings. The summed E-state index contributed by atoms with van der Waals surface area (Å²) in [4.78, 5) is 15.0. The largest absolute Gasteiger partial charge is 0.477 e. The number of pyridine rings is 1. The van der Waals surface area contributed by atoms with Crippen LogP contribution in [0.2, 0.25) is 0 Å². The van der Waals surface area contributed by atoms with Crippen molar-refractivity contribution < 1.29 is 14.6 Å². The number of carbonyl (C=O) groups is 1. The Morgan fingerprint density at radius 2 is 2.18 bits per heavy atom. The molecule has 1 aromatic rings. The summed E-state index contributed by atoms with van der Waals surface area (Å²) in [7, 11) is 0. The van der Waals surface area contributed by atoms with Crippen LogP contribution in [0, 0.1) is 6.92 Å². The van der Waals surface area contributed by atoms with Gasteiger partial charge in [0.15, 0.2) is 0 Å². The maximum Gasteiger partial charge on any atom is 0.341 e. The minimum atomic E-state index is -0.987. The van der Waals surface area contributed by atoms with E-state index in [1.54, 1.807) is 19.2 Å². The molecule has 1 N–H and O–H groups in total. The third kappa shape index (κ3) is 4.06. The Bertz CT molecular complexity index is 377. The molecule has 17 heavy (non-hydrogen) atoms. The second-order valence-electron chi connectivity index (χ2n) is 4.02. The zero-order chi connectivity index (χ0) is 12.7. The van der Waals surface area contributed by atoms with Crippen LogP contribution in [-0.4, -0.2) is 22.7 Å². The number of nitrogens with zero attached hydrogens (tertiary/aromatic N) is 1. The van der Waals surface area contributed by atoms with Crippen molar-refractivity contribution >= 4 is 5.97 Å². The molecule has 1 heterocycles. The number of unbranched alkanes of at least 4 members (excludes halogenated alkanes) is 3. The second kappa shape index (κ2) is 6.89. The van der Waals surface area contributed by atoms with Crippen LogP contribution in [0.1, 0.15) is 48.5 Å². The van der Waals surface area contributed by atoms with Gasteiger partial charge in [-0.2, -0.15) is 0 Å². The van der Waals surface area contributed by atoms with E-state index >= 15 is 0 Å². The molecule has 94 valence electrons. The van der Waals surface area contributed by atoms with Crippen LogP contribution in [0.4, 0.5) is 0 Å². The maximum atomic E-state index is 11.1. The summed E-state index contributed by atoms with van der Waals surface area (Å²) in [5, 5.41) is 9.07. The monoisotopic (exact) mass is 237 g/mol. The fourth-order valence-electron chi connectivity index (χ4n) is 1.60. The van der Waals surface area contributed by atoms with Crippen molar-refractivity contribution in [1.82, 2.24) is 4.98 Å². The molecule has 0 atom stereocenters. The molecule has 4 nitrogen and oxygen atoms in total. The number of ether oxygens (including phenoxy) is 1. The summed E-state index contributed by atoms with van der Waals surface area (Å²) >= 11 is 0. The summed E-state index contributed by atoms with van der Waals surface area (Å²) in [6.07, 6.45) is 5.95. The Hall–Kier alpha value is -1.58. The first-order valence-corrected chi connectivity index (χ1v) is 5.98. The Morgan fingerprint density at radius 3 is 2.82 bits per heavy atom. The fourth-order valence-corrected chi connectivity index (χ4v) is 1.60. The summed E-state index contributed by atoms with van der Waals surface area (Å²) in [6.45, 7) is 4.41. The van der Waals surface area contributed by atoms with E-state index in [1.165, 1.54) is 12.8 Å². The van der Waals surface area contributed by atoms with Crippen molar-refractivity contribution in [3.05, 3.63) is 23.4 Å². The predicted octanol–water partition coefficient (Wildman–Crippen LogP) is 3.05. The number of rotatable bonds is 7. The van der Waals surface area contributed by atoms with Crippen LogP contribution in [0.15, 0.2) is 12.3 Å². The van der Waals surface area contributed by atoms with Crippen LogP contribution in [0.25, 0.3) is 0 Å². The van der Waals surface area contributed by atoms with Gasteiger partial charge < -0.3 is 9.84 Å². The summed E-state index contributed by atoms with van der Waals surface area (Å²) in [5.74, 6) is -0.756. The number of hydrogen-bond donors (Lipinski definition) is 1. The van der Waals surface area contributed by atoms with Gasteiger partial charge in [0.2, 0.25) is 5.88 Å². The van der Waals surface area contributed by atoms with Crippen molar-refractivity contribution in [1.29, 1.82) is 0 Å². The van der Waals surface area contributed by atoms with Crippen molar-refractivity contribution in [3.63, 3.8) is 0 Å². The van der Waals surface area contributed by atoms with E-state index in [-0.39, 0.29) is 11.4 Å². The molecule has 1 aromatic heterocycles. The lowest BCUT2D eigenvalue weighted by molar-refractivity contribution is 0.0690. The van der Waals surface area contributed by atoms with E-state index < -0.39 is 5.97 Å². The average Bonchev–Trinajstić information content (AvgIpc) is 2.28. The van der Waals surface area contributed by atoms with Crippen LogP contribution in [-0.2, 0) is 0 Å². The summed E-state index contributed by atoms with van der Waals surface area (Å²) in [6, 6.07) is 1.67. The summed E-state index contributed by atoms with van der Waals surface area (Å²) < 4.78 is 5.43. The molecule has 0 aromatic carbocycles. The Labute approximate surface area is 102 Å². The SMILES string of the molecule is CCCCCCOc1nccc(C)c1C(=O)O. The summed E-state index contributed by atoms with van der Waals surface area (Å²) in [5.41, 5.74) is 0.846. The molecule has 1 rings (SSSR count). The standard InChI is InChI=1S/C13H19NO3/c1-3-4-5-6-9-17-12-11(13(15)16)10(2)7-8-14-12/h7-8H,3-6,9H2,1-2H3,(H,15,16). The van der Waals surface area contributed by atoms with Crippen molar-refractivity contribution in [3.8, 4) is 5.88 Å². The Morgan fingerprint density at radius 1 is 1.41 bits per heavy atom. The van der Waals surface area contributed by atoms with Crippen LogP contribution < -0.4 is 4.74 Å². The van der Waals surface area contributed by atoms with Crippen LogP contribution in [0.3, 0.4) is 0 Å². The first-order chi connectivity index (χ1) is 8.16. The van der Waals surface area contributed by atoms with Gasteiger partial charge >= 0.3 is 5.97 Å². The molecule has 0 aliphatic carbocycles. The van der Waals surface area contributed by atoms with E-state index in [0.717, 1.165) is 12.8 Å². The minimum absolute atomic E-state index is 0.169. The molecule has 0 amide bonds. The average molecular weight is 237 g/mol. The maximum absolute atomic E-state index is 11.1. The molecule has 0 unspecified atom stereocenters. The van der Waals surface area contributed by atoms with E-state index in [4.69, 9.17) is 9.84 Å². The molecule has 0 saturated carbocycles. The zero-order valence-corrected chi connectivity index (χ0v) is 10.4. The number of hydrogen-bond acceptors (Lipinski definition) is 3. The molecule has 0 radical (unpaired) electrons. The molecular formula is C13H19NO3. The van der Waals surface area contributed by atoms with Gasteiger partial charge in [-0.1, -0.05) is 26.2 Å². The molecular weight excluding hydrogens is 218 g/mol. The molecule has 0 saturated heterocycles. The topological polar surface area (TPSA) is 59.4 Å². The van der Waals surface area contributed by atoms with Gasteiger partial charge in [0.1, 0.15) is 5.56 Å². The number of carboxylic acids is 1. The first kappa shape index (κ1) is 13.5. The normalized spacial score (nSPS) is 10.2. The van der Waals surface area contributed by atoms with Crippen LogP contribution >= 0.6 is 0 Å². The number of aromatic carboxylic acids is 1. The van der Waals surface area contributed by atoms with E-state index in [2.05, 4.69) is 11.9 Å². The number of aryl methyl sites for hydroxylation is 1. The lowest BCUT2D eigenvalue weighted by atomic mass is 10.1. The quantitative estimate of drug-likeness (QED) is 0.740. The van der Waals surface area contributed by atoms with Crippen molar-refractivity contribution in [2.45, 2.75) is 39.5 Å². The highest BCUT2D eigenvalue weighted by Crippen LogP contribution is 2.19. The number of aromatic nitrogens is 1. The first-order valence-electron chi connectivity index (χ1n) is 5.98. The number of carboxylic acid groups (broad SMARTS) is 1. The highest BCUT2D eigenvalue weighted by Gasteiger charge is 2.15. The molecule has 0 spiro atoms. The predicted molar refractivity (Wildman–Crippen MR) is 65.6 cm³/mol. The van der Waals surface area contributed by atoms with Gasteiger partial charge in [-0.05, 0) is 25.0 Å². The smallest absolute Gasteiger partial charge is 0.341 e. The van der Waals surface area contributed by atoms with E-state index in [1.807, 2.05) is 0 Å². The van der Waals surface area contributed by atoms with Gasteiger partial charge in [-0.3, -0.25) is 0 Å². The van der Waals surface area contributed by atoms with Gasteiger partial charge in [0.25, 0.3) is 0 Å². The van der Waals surface area contributed by atoms with Crippen molar-refractivity contribution in [2.24, 2.45) is 0 Å². The highest BCUT2D eigenvalue weighted by molar-refractivity contribution is 5.91. The van der Waals surface area contributed by atoms with Crippen LogP contribution in [0.5, 0.6) is 5.88 Å². The Kier molecular flexibility index (Phi) is 5.46.